The fourth-order valence-electron chi connectivity index (χ4n) is 2.56. The lowest BCUT2D eigenvalue weighted by Crippen LogP contribution is -3.04. The van der Waals surface area contributed by atoms with Crippen molar-refractivity contribution in [1.82, 2.24) is 5.32 Å². The van der Waals surface area contributed by atoms with Gasteiger partial charge in [-0.2, -0.15) is 0 Å². The van der Waals surface area contributed by atoms with Crippen molar-refractivity contribution in [3.8, 4) is 11.5 Å². The van der Waals surface area contributed by atoms with Crippen LogP contribution in [0.2, 0.25) is 0 Å². The van der Waals surface area contributed by atoms with Gasteiger partial charge in [0.1, 0.15) is 6.54 Å². The number of methoxy groups -OCH3 is 2. The molecule has 138 valence electrons. The summed E-state index contributed by atoms with van der Waals surface area (Å²) in [5.74, 6) is 1.16. The summed E-state index contributed by atoms with van der Waals surface area (Å²) in [5.41, 5.74) is 3.23. The predicted molar refractivity (Wildman–Crippen MR) is 103 cm³/mol. The highest BCUT2D eigenvalue weighted by atomic mass is 16.5. The highest BCUT2D eigenvalue weighted by Crippen LogP contribution is 2.27. The van der Waals surface area contributed by atoms with Crippen molar-refractivity contribution < 1.29 is 19.2 Å². The minimum atomic E-state index is -0.137. The lowest BCUT2D eigenvalue weighted by Gasteiger charge is -2.08. The average molecular weight is 355 g/mol. The van der Waals surface area contributed by atoms with E-state index in [1.54, 1.807) is 20.3 Å². The number of benzene rings is 2. The van der Waals surface area contributed by atoms with Crippen molar-refractivity contribution in [3.05, 3.63) is 65.2 Å². The fraction of sp³-hybridized carbons (Fsp3) is 0.286. The van der Waals surface area contributed by atoms with Crippen LogP contribution < -0.4 is 19.7 Å². The Balaban J connectivity index is 1.89. The van der Waals surface area contributed by atoms with Crippen LogP contribution in [0.1, 0.15) is 16.7 Å². The molecule has 0 aliphatic heterocycles. The summed E-state index contributed by atoms with van der Waals surface area (Å²) < 4.78 is 10.5. The smallest absolute Gasteiger partial charge is 0.244 e. The standard InChI is InChI=1S/C21H26N2O3/c1-23(2)15-18-7-5-17(6-8-18)14-22-21(24)12-10-16-9-11-19(25-3)20(13-16)26-4/h5-13H,14-15H2,1-4H3,(H,22,24)/p+1/b12-10+. The van der Waals surface area contributed by atoms with Gasteiger partial charge in [0.2, 0.25) is 5.91 Å². The zero-order valence-electron chi connectivity index (χ0n) is 15.8. The molecule has 2 rings (SSSR count). The van der Waals surface area contributed by atoms with Crippen molar-refractivity contribution in [1.29, 1.82) is 0 Å². The normalized spacial score (nSPS) is 11.0. The van der Waals surface area contributed by atoms with Gasteiger partial charge in [0.15, 0.2) is 11.5 Å². The van der Waals surface area contributed by atoms with Gasteiger partial charge in [-0.1, -0.05) is 30.3 Å². The Bertz CT molecular complexity index is 752. The van der Waals surface area contributed by atoms with E-state index >= 15 is 0 Å². The van der Waals surface area contributed by atoms with Gasteiger partial charge in [-0.05, 0) is 29.3 Å². The molecule has 0 aliphatic rings. The first-order valence-electron chi connectivity index (χ1n) is 8.56. The van der Waals surface area contributed by atoms with Crippen LogP contribution in [0.4, 0.5) is 0 Å². The zero-order valence-corrected chi connectivity index (χ0v) is 15.8. The lowest BCUT2D eigenvalue weighted by molar-refractivity contribution is -0.872. The van der Waals surface area contributed by atoms with E-state index in [0.29, 0.717) is 18.0 Å². The molecule has 2 N–H and O–H groups in total. The highest BCUT2D eigenvalue weighted by molar-refractivity contribution is 5.91. The van der Waals surface area contributed by atoms with Crippen molar-refractivity contribution in [2.45, 2.75) is 13.1 Å². The van der Waals surface area contributed by atoms with E-state index in [0.717, 1.165) is 17.7 Å². The maximum atomic E-state index is 12.0. The molecule has 0 aromatic heterocycles. The van der Waals surface area contributed by atoms with Crippen molar-refractivity contribution in [2.24, 2.45) is 0 Å². The van der Waals surface area contributed by atoms with E-state index in [9.17, 15) is 4.79 Å². The molecular weight excluding hydrogens is 328 g/mol. The first-order chi connectivity index (χ1) is 12.5. The van der Waals surface area contributed by atoms with Gasteiger partial charge in [-0.15, -0.1) is 0 Å². The van der Waals surface area contributed by atoms with Crippen LogP contribution in [-0.4, -0.2) is 34.2 Å². The van der Waals surface area contributed by atoms with Crippen LogP contribution in [0.15, 0.2) is 48.5 Å². The Kier molecular flexibility index (Phi) is 7.24. The van der Waals surface area contributed by atoms with Crippen LogP contribution >= 0.6 is 0 Å². The number of carbonyl (C=O) groups is 1. The molecule has 0 unspecified atom stereocenters. The summed E-state index contributed by atoms with van der Waals surface area (Å²) in [6.07, 6.45) is 3.27. The van der Waals surface area contributed by atoms with E-state index < -0.39 is 0 Å². The van der Waals surface area contributed by atoms with Crippen LogP contribution in [-0.2, 0) is 17.9 Å². The van der Waals surface area contributed by atoms with E-state index in [1.165, 1.54) is 16.5 Å². The SMILES string of the molecule is COc1ccc(/C=C/C(=O)NCc2ccc(C[NH+](C)C)cc2)cc1OC. The molecule has 26 heavy (non-hydrogen) atoms. The Hall–Kier alpha value is -2.79. The Morgan fingerprint density at radius 1 is 1.00 bits per heavy atom. The molecule has 0 spiro atoms. The number of quaternary nitrogens is 1. The molecule has 0 aliphatic carbocycles. The molecule has 5 heteroatoms. The summed E-state index contributed by atoms with van der Waals surface area (Å²) in [7, 11) is 7.43. The second-order valence-corrected chi connectivity index (χ2v) is 6.37. The quantitative estimate of drug-likeness (QED) is 0.709. The van der Waals surface area contributed by atoms with Crippen molar-refractivity contribution >= 4 is 12.0 Å². The van der Waals surface area contributed by atoms with Gasteiger partial charge in [-0.25, -0.2) is 0 Å². The van der Waals surface area contributed by atoms with Crippen molar-refractivity contribution in [2.75, 3.05) is 28.3 Å². The number of rotatable bonds is 8. The second-order valence-electron chi connectivity index (χ2n) is 6.37. The largest absolute Gasteiger partial charge is 0.493 e. The van der Waals surface area contributed by atoms with Gasteiger partial charge in [0.25, 0.3) is 0 Å². The molecule has 1 amide bonds. The molecule has 2 aromatic carbocycles. The lowest BCUT2D eigenvalue weighted by atomic mass is 10.1. The molecular formula is C21H27N2O3+. The molecule has 5 nitrogen and oxygen atoms in total. The summed E-state index contributed by atoms with van der Waals surface area (Å²) in [6.45, 7) is 1.49. The third-order valence-electron chi connectivity index (χ3n) is 3.88. The van der Waals surface area contributed by atoms with E-state index in [2.05, 4.69) is 43.7 Å². The molecule has 0 saturated carbocycles. The highest BCUT2D eigenvalue weighted by Gasteiger charge is 2.04. The number of carbonyl (C=O) groups excluding carboxylic acids is 1. The third kappa shape index (κ3) is 5.93. The summed E-state index contributed by atoms with van der Waals surface area (Å²) in [5, 5.41) is 2.89. The number of ether oxygens (including phenoxy) is 2. The minimum absolute atomic E-state index is 0.137. The molecule has 0 fully saturated rings. The van der Waals surface area contributed by atoms with Gasteiger partial charge >= 0.3 is 0 Å². The first kappa shape index (κ1) is 19.5. The maximum absolute atomic E-state index is 12.0. The Labute approximate surface area is 155 Å². The average Bonchev–Trinajstić information content (AvgIpc) is 2.65. The molecule has 0 heterocycles. The Morgan fingerprint density at radius 3 is 2.27 bits per heavy atom. The third-order valence-corrected chi connectivity index (χ3v) is 3.88. The molecule has 2 aromatic rings. The molecule has 0 bridgehead atoms. The zero-order chi connectivity index (χ0) is 18.9. The number of hydrogen-bond donors (Lipinski definition) is 2. The van der Waals surface area contributed by atoms with Crippen LogP contribution in [0, 0.1) is 0 Å². The van der Waals surface area contributed by atoms with Crippen LogP contribution in [0.3, 0.4) is 0 Å². The van der Waals surface area contributed by atoms with Gasteiger partial charge in [0, 0.05) is 18.2 Å². The summed E-state index contributed by atoms with van der Waals surface area (Å²) in [4.78, 5) is 13.4. The van der Waals surface area contributed by atoms with Crippen LogP contribution in [0.25, 0.3) is 6.08 Å². The first-order valence-corrected chi connectivity index (χ1v) is 8.56. The second kappa shape index (κ2) is 9.63. The van der Waals surface area contributed by atoms with E-state index in [-0.39, 0.29) is 5.91 Å². The number of amides is 1. The Morgan fingerprint density at radius 2 is 1.65 bits per heavy atom. The van der Waals surface area contributed by atoms with Crippen LogP contribution in [0.5, 0.6) is 11.5 Å². The minimum Gasteiger partial charge on any atom is -0.493 e. The number of nitrogens with one attached hydrogen (secondary N) is 2. The number of hydrogen-bond acceptors (Lipinski definition) is 3. The topological polar surface area (TPSA) is 52.0 Å². The van der Waals surface area contributed by atoms with Gasteiger partial charge in [-0.3, -0.25) is 4.79 Å². The van der Waals surface area contributed by atoms with Gasteiger partial charge in [0.05, 0.1) is 28.3 Å². The molecule has 0 radical (unpaired) electrons. The summed E-state index contributed by atoms with van der Waals surface area (Å²) >= 11 is 0. The van der Waals surface area contributed by atoms with Gasteiger partial charge < -0.3 is 19.7 Å². The fourth-order valence-corrected chi connectivity index (χ4v) is 2.56. The van der Waals surface area contributed by atoms with E-state index in [1.807, 2.05) is 18.2 Å². The maximum Gasteiger partial charge on any atom is 0.244 e. The predicted octanol–water partition coefficient (Wildman–Crippen LogP) is 1.68. The van der Waals surface area contributed by atoms with Crippen molar-refractivity contribution in [3.63, 3.8) is 0 Å². The van der Waals surface area contributed by atoms with E-state index in [4.69, 9.17) is 9.47 Å². The molecule has 0 atom stereocenters. The summed E-state index contributed by atoms with van der Waals surface area (Å²) in [6, 6.07) is 13.8. The molecule has 0 saturated heterocycles. The monoisotopic (exact) mass is 355 g/mol.